The molecule has 0 heterocycles. The Labute approximate surface area is 115 Å². The first kappa shape index (κ1) is 12.7. The highest BCUT2D eigenvalue weighted by molar-refractivity contribution is 5.86. The summed E-state index contributed by atoms with van der Waals surface area (Å²) in [6.45, 7) is 3.20. The minimum atomic E-state index is 0.639. The minimum Gasteiger partial charge on any atom is -0.330 e. The van der Waals surface area contributed by atoms with E-state index in [0.29, 0.717) is 11.8 Å². The quantitative estimate of drug-likeness (QED) is 0.847. The van der Waals surface area contributed by atoms with Gasteiger partial charge < -0.3 is 5.73 Å². The van der Waals surface area contributed by atoms with E-state index in [2.05, 4.69) is 49.4 Å². The van der Waals surface area contributed by atoms with E-state index in [1.807, 2.05) is 0 Å². The molecule has 0 bridgehead atoms. The minimum absolute atomic E-state index is 0.639. The van der Waals surface area contributed by atoms with Gasteiger partial charge in [0.25, 0.3) is 0 Å². The summed E-state index contributed by atoms with van der Waals surface area (Å²) >= 11 is 0. The van der Waals surface area contributed by atoms with Gasteiger partial charge in [-0.15, -0.1) is 0 Å². The summed E-state index contributed by atoms with van der Waals surface area (Å²) in [5.74, 6) is 2.12. The van der Waals surface area contributed by atoms with Crippen molar-refractivity contribution in [1.82, 2.24) is 0 Å². The van der Waals surface area contributed by atoms with E-state index >= 15 is 0 Å². The van der Waals surface area contributed by atoms with Gasteiger partial charge in [0.1, 0.15) is 0 Å². The topological polar surface area (TPSA) is 26.0 Å². The summed E-state index contributed by atoms with van der Waals surface area (Å²) in [5, 5.41) is 2.77. The zero-order valence-corrected chi connectivity index (χ0v) is 11.7. The lowest BCUT2D eigenvalue weighted by Crippen LogP contribution is -2.28. The summed E-state index contributed by atoms with van der Waals surface area (Å²) in [7, 11) is 0. The molecule has 1 saturated carbocycles. The van der Waals surface area contributed by atoms with Crippen LogP contribution in [0.15, 0.2) is 42.5 Å². The zero-order valence-electron chi connectivity index (χ0n) is 11.7. The van der Waals surface area contributed by atoms with Crippen LogP contribution in [0.5, 0.6) is 0 Å². The summed E-state index contributed by atoms with van der Waals surface area (Å²) < 4.78 is 0. The molecule has 19 heavy (non-hydrogen) atoms. The van der Waals surface area contributed by atoms with Crippen molar-refractivity contribution in [3.05, 3.63) is 48.0 Å². The van der Waals surface area contributed by atoms with Gasteiger partial charge in [0.2, 0.25) is 0 Å². The van der Waals surface area contributed by atoms with Crippen LogP contribution >= 0.6 is 0 Å². The summed E-state index contributed by atoms with van der Waals surface area (Å²) in [6, 6.07) is 15.5. The van der Waals surface area contributed by atoms with Crippen molar-refractivity contribution >= 4 is 10.8 Å². The number of hydrogen-bond donors (Lipinski definition) is 1. The van der Waals surface area contributed by atoms with E-state index in [1.54, 1.807) is 0 Å². The number of rotatable bonds is 2. The summed E-state index contributed by atoms with van der Waals surface area (Å²) in [4.78, 5) is 0. The molecule has 0 amide bonds. The third-order valence-corrected chi connectivity index (χ3v) is 4.78. The van der Waals surface area contributed by atoms with Crippen molar-refractivity contribution in [2.45, 2.75) is 32.1 Å². The van der Waals surface area contributed by atoms with Gasteiger partial charge in [-0.2, -0.15) is 0 Å². The van der Waals surface area contributed by atoms with Crippen LogP contribution < -0.4 is 5.73 Å². The van der Waals surface area contributed by atoms with Gasteiger partial charge in [0.05, 0.1) is 0 Å². The van der Waals surface area contributed by atoms with Gasteiger partial charge in [0, 0.05) is 0 Å². The van der Waals surface area contributed by atoms with E-state index in [1.165, 1.54) is 35.6 Å². The van der Waals surface area contributed by atoms with Gasteiger partial charge in [-0.3, -0.25) is 0 Å². The van der Waals surface area contributed by atoms with Gasteiger partial charge in [0.15, 0.2) is 0 Å². The molecule has 3 atom stereocenters. The Morgan fingerprint density at radius 1 is 1.05 bits per heavy atom. The van der Waals surface area contributed by atoms with E-state index in [0.717, 1.165) is 12.5 Å². The third kappa shape index (κ3) is 2.40. The van der Waals surface area contributed by atoms with Crippen molar-refractivity contribution in [1.29, 1.82) is 0 Å². The molecule has 0 aliphatic heterocycles. The zero-order chi connectivity index (χ0) is 13.2. The normalized spacial score (nSPS) is 27.6. The maximum atomic E-state index is 6.02. The van der Waals surface area contributed by atoms with Crippen LogP contribution in [0.4, 0.5) is 0 Å². The molecular weight excluding hydrogens is 230 g/mol. The van der Waals surface area contributed by atoms with Crippen LogP contribution in [0.1, 0.15) is 37.7 Å². The molecule has 1 nitrogen and oxygen atoms in total. The maximum absolute atomic E-state index is 6.02. The lowest BCUT2D eigenvalue weighted by Gasteiger charge is -2.35. The highest BCUT2D eigenvalue weighted by Crippen LogP contribution is 2.42. The largest absolute Gasteiger partial charge is 0.330 e. The first-order valence-electron chi connectivity index (χ1n) is 7.47. The predicted octanol–water partition coefficient (Wildman–Crippen LogP) is 4.32. The van der Waals surface area contributed by atoms with Crippen molar-refractivity contribution in [3.8, 4) is 0 Å². The van der Waals surface area contributed by atoms with Gasteiger partial charge in [-0.05, 0) is 53.5 Å². The molecule has 1 fully saturated rings. The van der Waals surface area contributed by atoms with Gasteiger partial charge in [-0.25, -0.2) is 0 Å². The maximum Gasteiger partial charge on any atom is -0.00430 e. The molecule has 0 aromatic heterocycles. The molecule has 2 aromatic rings. The first-order chi connectivity index (χ1) is 9.29. The summed E-state index contributed by atoms with van der Waals surface area (Å²) in [6.07, 6.45) is 3.91. The number of nitrogens with two attached hydrogens (primary N) is 1. The SMILES string of the molecule is CC1CCC(CN)C(c2cccc3ccccc23)C1. The second-order valence-corrected chi connectivity index (χ2v) is 6.09. The van der Waals surface area contributed by atoms with Gasteiger partial charge in [-0.1, -0.05) is 55.8 Å². The van der Waals surface area contributed by atoms with Crippen LogP contribution in [0.3, 0.4) is 0 Å². The Bertz CT molecular complexity index is 555. The number of benzene rings is 2. The highest BCUT2D eigenvalue weighted by atomic mass is 14.6. The van der Waals surface area contributed by atoms with Crippen LogP contribution in [0, 0.1) is 11.8 Å². The van der Waals surface area contributed by atoms with E-state index < -0.39 is 0 Å². The van der Waals surface area contributed by atoms with Crippen LogP contribution in [0.2, 0.25) is 0 Å². The Kier molecular flexibility index (Phi) is 3.56. The van der Waals surface area contributed by atoms with Gasteiger partial charge >= 0.3 is 0 Å². The molecule has 3 rings (SSSR count). The Balaban J connectivity index is 2.06. The Morgan fingerprint density at radius 3 is 2.68 bits per heavy atom. The van der Waals surface area contributed by atoms with Crippen LogP contribution in [0.25, 0.3) is 10.8 Å². The highest BCUT2D eigenvalue weighted by Gasteiger charge is 2.29. The van der Waals surface area contributed by atoms with Crippen molar-refractivity contribution in [3.63, 3.8) is 0 Å². The lowest BCUT2D eigenvalue weighted by molar-refractivity contribution is 0.255. The molecule has 2 aromatic carbocycles. The third-order valence-electron chi connectivity index (χ3n) is 4.78. The molecular formula is C18H23N. The number of hydrogen-bond acceptors (Lipinski definition) is 1. The number of fused-ring (bicyclic) bond motifs is 1. The molecule has 1 aliphatic carbocycles. The van der Waals surface area contributed by atoms with Crippen LogP contribution in [-0.2, 0) is 0 Å². The van der Waals surface area contributed by atoms with Crippen molar-refractivity contribution in [2.24, 2.45) is 17.6 Å². The average Bonchev–Trinajstić information content (AvgIpc) is 2.46. The second kappa shape index (κ2) is 5.34. The Morgan fingerprint density at radius 2 is 1.84 bits per heavy atom. The molecule has 0 saturated heterocycles. The molecule has 0 radical (unpaired) electrons. The monoisotopic (exact) mass is 253 g/mol. The fraction of sp³-hybridized carbons (Fsp3) is 0.444. The average molecular weight is 253 g/mol. The smallest absolute Gasteiger partial charge is 0.00430 e. The summed E-state index contributed by atoms with van der Waals surface area (Å²) in [5.41, 5.74) is 7.53. The van der Waals surface area contributed by atoms with Crippen LogP contribution in [-0.4, -0.2) is 6.54 Å². The second-order valence-electron chi connectivity index (χ2n) is 6.09. The Hall–Kier alpha value is -1.34. The fourth-order valence-electron chi connectivity index (χ4n) is 3.68. The molecule has 2 N–H and O–H groups in total. The van der Waals surface area contributed by atoms with Crippen molar-refractivity contribution < 1.29 is 0 Å². The standard InChI is InChI=1S/C18H23N/c1-13-9-10-15(12-19)18(11-13)17-8-4-6-14-5-2-3-7-16(14)17/h2-8,13,15,18H,9-12,19H2,1H3. The molecule has 100 valence electrons. The van der Waals surface area contributed by atoms with Crippen molar-refractivity contribution in [2.75, 3.05) is 6.54 Å². The van der Waals surface area contributed by atoms with E-state index in [4.69, 9.17) is 5.73 Å². The molecule has 1 aliphatic rings. The molecule has 3 unspecified atom stereocenters. The first-order valence-corrected chi connectivity index (χ1v) is 7.47. The van der Waals surface area contributed by atoms with E-state index in [9.17, 15) is 0 Å². The molecule has 0 spiro atoms. The molecule has 1 heteroatoms. The fourth-order valence-corrected chi connectivity index (χ4v) is 3.68. The lowest BCUT2D eigenvalue weighted by atomic mass is 9.71. The predicted molar refractivity (Wildman–Crippen MR) is 82.2 cm³/mol. The van der Waals surface area contributed by atoms with E-state index in [-0.39, 0.29) is 0 Å².